The topological polar surface area (TPSA) is 20.2 Å². The number of aliphatic hydroxyl groups is 1. The lowest BCUT2D eigenvalue weighted by Crippen LogP contribution is -2.18. The predicted molar refractivity (Wildman–Crippen MR) is 62.4 cm³/mol. The Morgan fingerprint density at radius 1 is 1.36 bits per heavy atom. The minimum atomic E-state index is -0.679. The molecule has 1 nitrogen and oxygen atoms in total. The molecule has 0 radical (unpaired) electrons. The summed E-state index contributed by atoms with van der Waals surface area (Å²) in [6.07, 6.45) is 2.57. The molecule has 1 unspecified atom stereocenters. The van der Waals surface area contributed by atoms with E-state index >= 15 is 0 Å². The molecule has 0 heterocycles. The van der Waals surface area contributed by atoms with E-state index in [1.54, 1.807) is 11.8 Å². The van der Waals surface area contributed by atoms with E-state index in [0.29, 0.717) is 0 Å². The van der Waals surface area contributed by atoms with Crippen molar-refractivity contribution >= 4 is 11.8 Å². The van der Waals surface area contributed by atoms with E-state index in [-0.39, 0.29) is 0 Å². The van der Waals surface area contributed by atoms with Crippen molar-refractivity contribution in [2.24, 2.45) is 0 Å². The Morgan fingerprint density at radius 3 is 2.57 bits per heavy atom. The van der Waals surface area contributed by atoms with Gasteiger partial charge in [0.2, 0.25) is 0 Å². The molecule has 0 bridgehead atoms. The summed E-state index contributed by atoms with van der Waals surface area (Å²) in [6, 6.07) is 10.1. The van der Waals surface area contributed by atoms with Crippen LogP contribution in [0.4, 0.5) is 0 Å². The normalized spacial score (nSPS) is 15.6. The van der Waals surface area contributed by atoms with Crippen molar-refractivity contribution < 1.29 is 5.11 Å². The van der Waals surface area contributed by atoms with Crippen molar-refractivity contribution in [3.05, 3.63) is 41.8 Å². The van der Waals surface area contributed by atoms with E-state index in [0.717, 1.165) is 6.42 Å². The smallest absolute Gasteiger partial charge is 0.0805 e. The molecule has 0 aliphatic carbocycles. The number of benzene rings is 1. The standard InChI is InChI=1S/C12H16OS/c1-3-12(2,13)9-10-14-11-7-5-4-6-8-11/h4-10,13H,3H2,1-2H3. The molecule has 0 aromatic heterocycles. The third-order valence-electron chi connectivity index (χ3n) is 2.09. The fourth-order valence-corrected chi connectivity index (χ4v) is 1.71. The summed E-state index contributed by atoms with van der Waals surface area (Å²) in [6.45, 7) is 3.78. The third kappa shape index (κ3) is 3.99. The first kappa shape index (κ1) is 11.3. The van der Waals surface area contributed by atoms with Crippen LogP contribution in [-0.4, -0.2) is 10.7 Å². The molecule has 1 rings (SSSR count). The Kier molecular flexibility index (Phi) is 4.23. The Labute approximate surface area is 89.8 Å². The van der Waals surface area contributed by atoms with E-state index in [2.05, 4.69) is 12.1 Å². The highest BCUT2D eigenvalue weighted by Crippen LogP contribution is 2.20. The van der Waals surface area contributed by atoms with Gasteiger partial charge in [-0.15, -0.1) is 0 Å². The van der Waals surface area contributed by atoms with Crippen molar-refractivity contribution in [3.63, 3.8) is 0 Å². The predicted octanol–water partition coefficient (Wildman–Crippen LogP) is 3.45. The first-order valence-electron chi connectivity index (χ1n) is 4.76. The quantitative estimate of drug-likeness (QED) is 0.765. The van der Waals surface area contributed by atoms with Crippen LogP contribution in [0.2, 0.25) is 0 Å². The van der Waals surface area contributed by atoms with Gasteiger partial charge in [-0.3, -0.25) is 0 Å². The molecule has 76 valence electrons. The van der Waals surface area contributed by atoms with Crippen LogP contribution >= 0.6 is 11.8 Å². The maximum Gasteiger partial charge on any atom is 0.0805 e. The molecule has 1 atom stereocenters. The molecular formula is C12H16OS. The molecule has 0 fully saturated rings. The molecule has 0 amide bonds. The van der Waals surface area contributed by atoms with Gasteiger partial charge in [-0.1, -0.05) is 36.9 Å². The summed E-state index contributed by atoms with van der Waals surface area (Å²) in [4.78, 5) is 1.19. The van der Waals surface area contributed by atoms with E-state index < -0.39 is 5.60 Å². The molecule has 0 aliphatic heterocycles. The molecule has 1 N–H and O–H groups in total. The second-order valence-corrected chi connectivity index (χ2v) is 4.42. The fourth-order valence-electron chi connectivity index (χ4n) is 0.876. The van der Waals surface area contributed by atoms with Crippen molar-refractivity contribution in [2.45, 2.75) is 30.8 Å². The summed E-state index contributed by atoms with van der Waals surface area (Å²) < 4.78 is 0. The summed E-state index contributed by atoms with van der Waals surface area (Å²) in [5.41, 5.74) is -0.679. The lowest BCUT2D eigenvalue weighted by atomic mass is 10.1. The molecule has 14 heavy (non-hydrogen) atoms. The highest BCUT2D eigenvalue weighted by molar-refractivity contribution is 8.02. The molecular weight excluding hydrogens is 192 g/mol. The molecule has 1 aromatic rings. The van der Waals surface area contributed by atoms with Crippen LogP contribution in [-0.2, 0) is 0 Å². The number of thioether (sulfide) groups is 1. The minimum Gasteiger partial charge on any atom is -0.386 e. The van der Waals surface area contributed by atoms with Gasteiger partial charge in [0.1, 0.15) is 0 Å². The molecule has 0 aliphatic rings. The van der Waals surface area contributed by atoms with Gasteiger partial charge in [0.05, 0.1) is 5.60 Å². The number of rotatable bonds is 4. The van der Waals surface area contributed by atoms with Gasteiger partial charge < -0.3 is 5.11 Å². The first-order chi connectivity index (χ1) is 6.64. The zero-order chi connectivity index (χ0) is 10.4. The second kappa shape index (κ2) is 5.23. The maximum absolute atomic E-state index is 9.70. The SMILES string of the molecule is CCC(C)(O)C=CSc1ccccc1. The highest BCUT2D eigenvalue weighted by atomic mass is 32.2. The van der Waals surface area contributed by atoms with Gasteiger partial charge in [0.15, 0.2) is 0 Å². The van der Waals surface area contributed by atoms with E-state index in [4.69, 9.17) is 0 Å². The van der Waals surface area contributed by atoms with E-state index in [1.165, 1.54) is 4.90 Å². The second-order valence-electron chi connectivity index (χ2n) is 3.44. The average Bonchev–Trinajstić information content (AvgIpc) is 2.19. The van der Waals surface area contributed by atoms with Crippen LogP contribution in [0.15, 0.2) is 46.7 Å². The Bertz CT molecular complexity index is 290. The van der Waals surface area contributed by atoms with Gasteiger partial charge >= 0.3 is 0 Å². The summed E-state index contributed by atoms with van der Waals surface area (Å²) >= 11 is 1.62. The first-order valence-corrected chi connectivity index (χ1v) is 5.64. The molecule has 0 saturated heterocycles. The number of hydrogen-bond donors (Lipinski definition) is 1. The van der Waals surface area contributed by atoms with Crippen LogP contribution in [0.5, 0.6) is 0 Å². The maximum atomic E-state index is 9.70. The van der Waals surface area contributed by atoms with Crippen LogP contribution in [0, 0.1) is 0 Å². The van der Waals surface area contributed by atoms with Crippen molar-refractivity contribution in [3.8, 4) is 0 Å². The third-order valence-corrected chi connectivity index (χ3v) is 2.91. The minimum absolute atomic E-state index is 0.679. The van der Waals surface area contributed by atoms with Gasteiger partial charge in [0.25, 0.3) is 0 Å². The lowest BCUT2D eigenvalue weighted by Gasteiger charge is -2.15. The average molecular weight is 208 g/mol. The van der Waals surface area contributed by atoms with E-state index in [1.807, 2.05) is 43.5 Å². The lowest BCUT2D eigenvalue weighted by molar-refractivity contribution is 0.108. The van der Waals surface area contributed by atoms with Crippen molar-refractivity contribution in [1.29, 1.82) is 0 Å². The molecule has 0 spiro atoms. The summed E-state index contributed by atoms with van der Waals surface area (Å²) in [7, 11) is 0. The summed E-state index contributed by atoms with van der Waals surface area (Å²) in [5.74, 6) is 0. The van der Waals surface area contributed by atoms with Gasteiger partial charge in [-0.2, -0.15) is 0 Å². The van der Waals surface area contributed by atoms with Crippen LogP contribution in [0.25, 0.3) is 0 Å². The summed E-state index contributed by atoms with van der Waals surface area (Å²) in [5, 5.41) is 11.6. The largest absolute Gasteiger partial charge is 0.386 e. The van der Waals surface area contributed by atoms with Gasteiger partial charge in [-0.25, -0.2) is 0 Å². The monoisotopic (exact) mass is 208 g/mol. The molecule has 1 aromatic carbocycles. The Morgan fingerprint density at radius 2 is 2.00 bits per heavy atom. The van der Waals surface area contributed by atoms with Crippen LogP contribution in [0.1, 0.15) is 20.3 Å². The Hall–Kier alpha value is -0.730. The van der Waals surface area contributed by atoms with E-state index in [9.17, 15) is 5.11 Å². The van der Waals surface area contributed by atoms with Gasteiger partial charge in [0, 0.05) is 4.90 Å². The van der Waals surface area contributed by atoms with Gasteiger partial charge in [-0.05, 0) is 37.0 Å². The number of hydrogen-bond acceptors (Lipinski definition) is 2. The Balaban J connectivity index is 2.49. The van der Waals surface area contributed by atoms with Crippen molar-refractivity contribution in [2.75, 3.05) is 0 Å². The zero-order valence-electron chi connectivity index (χ0n) is 8.60. The molecule has 0 saturated carbocycles. The molecule has 2 heteroatoms. The van der Waals surface area contributed by atoms with Crippen molar-refractivity contribution in [1.82, 2.24) is 0 Å². The fraction of sp³-hybridized carbons (Fsp3) is 0.333. The van der Waals surface area contributed by atoms with Crippen LogP contribution in [0.3, 0.4) is 0 Å². The zero-order valence-corrected chi connectivity index (χ0v) is 9.42. The van der Waals surface area contributed by atoms with Crippen LogP contribution < -0.4 is 0 Å². The highest BCUT2D eigenvalue weighted by Gasteiger charge is 2.11.